The van der Waals surface area contributed by atoms with Crippen LogP contribution in [0.1, 0.15) is 0 Å². The van der Waals surface area contributed by atoms with Crippen LogP contribution in [0.15, 0.2) is 30.5 Å². The fourth-order valence-corrected chi connectivity index (χ4v) is 1.17. The van der Waals surface area contributed by atoms with Gasteiger partial charge in [0.05, 0.1) is 5.52 Å². The molecule has 2 rings (SSSR count). The summed E-state index contributed by atoms with van der Waals surface area (Å²) in [5, 5.41) is 1.11. The van der Waals surface area contributed by atoms with Crippen molar-refractivity contribution in [3.05, 3.63) is 30.5 Å². The van der Waals surface area contributed by atoms with Gasteiger partial charge in [-0.25, -0.2) is 0 Å². The maximum absolute atomic E-state index is 5.61. The van der Waals surface area contributed by atoms with Crippen LogP contribution in [0, 0.1) is 0 Å². The number of hydrogen-bond donors (Lipinski definition) is 2. The van der Waals surface area contributed by atoms with Gasteiger partial charge in [0.1, 0.15) is 0 Å². The average Bonchev–Trinajstić information content (AvgIpc) is 2.33. The monoisotopic (exact) mass is 147 g/mol. The molecule has 0 radical (unpaired) electrons. The molecule has 1 aromatic carbocycles. The normalized spacial score (nSPS) is 10.5. The molecule has 0 atom stereocenters. The molecule has 0 bridgehead atoms. The summed E-state index contributed by atoms with van der Waals surface area (Å²) in [5.41, 5.74) is 7.28. The van der Waals surface area contributed by atoms with Gasteiger partial charge in [0.25, 0.3) is 0 Å². The molecule has 3 heteroatoms. The van der Waals surface area contributed by atoms with E-state index in [0.717, 1.165) is 16.6 Å². The second kappa shape index (κ2) is 1.92. The zero-order valence-corrected chi connectivity index (χ0v) is 5.99. The summed E-state index contributed by atoms with van der Waals surface area (Å²) in [6.07, 6.45) is 1.81. The number of anilines is 1. The zero-order chi connectivity index (χ0) is 7.84. The topological polar surface area (TPSA) is 57.0 Å². The van der Waals surface area contributed by atoms with Crippen LogP contribution in [0.25, 0.3) is 10.9 Å². The summed E-state index contributed by atoms with van der Waals surface area (Å²) in [4.78, 5) is 0. The van der Waals surface area contributed by atoms with Gasteiger partial charge >= 0.3 is 0 Å². The van der Waals surface area contributed by atoms with Gasteiger partial charge in [0.15, 0.2) is 0 Å². The molecular weight excluding hydrogens is 138 g/mol. The maximum Gasteiger partial charge on any atom is 0.0710 e. The first-order valence-corrected chi connectivity index (χ1v) is 3.39. The smallest absolute Gasteiger partial charge is 0.0710 e. The number of hydrogen-bond acceptors (Lipinski definition) is 2. The molecule has 3 nitrogen and oxygen atoms in total. The van der Waals surface area contributed by atoms with Gasteiger partial charge in [-0.2, -0.15) is 0 Å². The van der Waals surface area contributed by atoms with Crippen LogP contribution in [0.4, 0.5) is 5.69 Å². The van der Waals surface area contributed by atoms with Crippen molar-refractivity contribution in [2.75, 3.05) is 11.6 Å². The van der Waals surface area contributed by atoms with E-state index in [0.29, 0.717) is 0 Å². The lowest BCUT2D eigenvalue weighted by Crippen LogP contribution is -2.04. The highest BCUT2D eigenvalue weighted by Gasteiger charge is 1.96. The molecule has 0 aliphatic carbocycles. The lowest BCUT2D eigenvalue weighted by atomic mass is 10.2. The van der Waals surface area contributed by atoms with Crippen LogP contribution in [-0.4, -0.2) is 4.68 Å². The Hall–Kier alpha value is -1.64. The molecule has 0 amide bonds. The number of benzene rings is 1. The summed E-state index contributed by atoms with van der Waals surface area (Å²) >= 11 is 0. The number of rotatable bonds is 0. The van der Waals surface area contributed by atoms with E-state index >= 15 is 0 Å². The number of nitrogens with zero attached hydrogens (tertiary/aromatic N) is 1. The van der Waals surface area contributed by atoms with Crippen LogP contribution in [0.2, 0.25) is 0 Å². The van der Waals surface area contributed by atoms with Gasteiger partial charge in [0.2, 0.25) is 0 Å². The Labute approximate surface area is 64.2 Å². The van der Waals surface area contributed by atoms with Gasteiger partial charge < -0.3 is 11.6 Å². The quantitative estimate of drug-likeness (QED) is 0.430. The Balaban J connectivity index is 2.87. The Morgan fingerprint density at radius 3 is 2.82 bits per heavy atom. The van der Waals surface area contributed by atoms with E-state index in [1.54, 1.807) is 4.68 Å². The van der Waals surface area contributed by atoms with Gasteiger partial charge in [-0.05, 0) is 18.2 Å². The maximum atomic E-state index is 5.61. The van der Waals surface area contributed by atoms with Crippen LogP contribution in [0.3, 0.4) is 0 Å². The summed E-state index contributed by atoms with van der Waals surface area (Å²) in [7, 11) is 0. The third-order valence-electron chi connectivity index (χ3n) is 1.75. The van der Waals surface area contributed by atoms with E-state index in [9.17, 15) is 0 Å². The van der Waals surface area contributed by atoms with Crippen molar-refractivity contribution in [3.63, 3.8) is 0 Å². The number of nitrogen functional groups attached to an aromatic ring is 2. The molecule has 2 aromatic rings. The van der Waals surface area contributed by atoms with Gasteiger partial charge in [0, 0.05) is 17.3 Å². The van der Waals surface area contributed by atoms with E-state index in [4.69, 9.17) is 11.6 Å². The summed E-state index contributed by atoms with van der Waals surface area (Å²) < 4.78 is 1.56. The van der Waals surface area contributed by atoms with E-state index in [1.165, 1.54) is 0 Å². The van der Waals surface area contributed by atoms with Crippen molar-refractivity contribution in [3.8, 4) is 0 Å². The van der Waals surface area contributed by atoms with Crippen LogP contribution >= 0.6 is 0 Å². The highest BCUT2D eigenvalue weighted by molar-refractivity contribution is 5.83. The highest BCUT2D eigenvalue weighted by atomic mass is 15.3. The second-order valence-electron chi connectivity index (χ2n) is 2.54. The molecule has 1 aromatic heterocycles. The van der Waals surface area contributed by atoms with Crippen molar-refractivity contribution >= 4 is 16.6 Å². The molecule has 0 unspecified atom stereocenters. The molecule has 0 aliphatic heterocycles. The van der Waals surface area contributed by atoms with E-state index in [2.05, 4.69) is 0 Å². The fourth-order valence-electron chi connectivity index (χ4n) is 1.17. The molecule has 56 valence electrons. The van der Waals surface area contributed by atoms with E-state index < -0.39 is 0 Å². The zero-order valence-electron chi connectivity index (χ0n) is 5.99. The Kier molecular flexibility index (Phi) is 1.06. The third kappa shape index (κ3) is 0.816. The van der Waals surface area contributed by atoms with Crippen LogP contribution in [0.5, 0.6) is 0 Å². The SMILES string of the molecule is Nc1ccc2ccn(N)c2c1. The third-order valence-corrected chi connectivity index (χ3v) is 1.75. The highest BCUT2D eigenvalue weighted by Crippen LogP contribution is 2.16. The Morgan fingerprint density at radius 2 is 2.00 bits per heavy atom. The molecule has 0 spiro atoms. The largest absolute Gasteiger partial charge is 0.399 e. The number of fused-ring (bicyclic) bond motifs is 1. The molecular formula is C8H9N3. The van der Waals surface area contributed by atoms with Crippen molar-refractivity contribution in [2.24, 2.45) is 0 Å². The predicted molar refractivity (Wildman–Crippen MR) is 46.5 cm³/mol. The van der Waals surface area contributed by atoms with E-state index in [-0.39, 0.29) is 0 Å². The Morgan fingerprint density at radius 1 is 1.18 bits per heavy atom. The molecule has 11 heavy (non-hydrogen) atoms. The first-order valence-electron chi connectivity index (χ1n) is 3.39. The summed E-state index contributed by atoms with van der Waals surface area (Å²) in [6, 6.07) is 7.63. The van der Waals surface area contributed by atoms with Gasteiger partial charge in [-0.15, -0.1) is 0 Å². The lowest BCUT2D eigenvalue weighted by molar-refractivity contribution is 1.07. The van der Waals surface area contributed by atoms with Crippen molar-refractivity contribution in [2.45, 2.75) is 0 Å². The van der Waals surface area contributed by atoms with Gasteiger partial charge in [-0.1, -0.05) is 6.07 Å². The van der Waals surface area contributed by atoms with Crippen molar-refractivity contribution in [1.82, 2.24) is 4.68 Å². The van der Waals surface area contributed by atoms with Crippen LogP contribution in [-0.2, 0) is 0 Å². The van der Waals surface area contributed by atoms with Crippen molar-refractivity contribution in [1.29, 1.82) is 0 Å². The van der Waals surface area contributed by atoms with Gasteiger partial charge in [-0.3, -0.25) is 4.68 Å². The van der Waals surface area contributed by atoms with Crippen LogP contribution < -0.4 is 11.6 Å². The van der Waals surface area contributed by atoms with Crippen molar-refractivity contribution < 1.29 is 0 Å². The number of aromatic nitrogens is 1. The first kappa shape index (κ1) is 6.09. The minimum atomic E-state index is 0.739. The molecule has 0 saturated heterocycles. The number of nitrogens with two attached hydrogens (primary N) is 2. The average molecular weight is 147 g/mol. The molecule has 0 fully saturated rings. The molecule has 0 aliphatic rings. The Bertz CT molecular complexity index is 389. The predicted octanol–water partition coefficient (Wildman–Crippen LogP) is 0.937. The minimum Gasteiger partial charge on any atom is -0.399 e. The summed E-state index contributed by atoms with van der Waals surface area (Å²) in [5.74, 6) is 5.61. The first-order chi connectivity index (χ1) is 5.27. The fraction of sp³-hybridized carbons (Fsp3) is 0. The second-order valence-corrected chi connectivity index (χ2v) is 2.54. The summed E-state index contributed by atoms with van der Waals surface area (Å²) in [6.45, 7) is 0. The van der Waals surface area contributed by atoms with E-state index in [1.807, 2.05) is 30.5 Å². The lowest BCUT2D eigenvalue weighted by Gasteiger charge is -1.96. The minimum absolute atomic E-state index is 0.739. The molecule has 4 N–H and O–H groups in total. The molecule has 1 heterocycles. The standard InChI is InChI=1S/C8H9N3/c9-7-2-1-6-3-4-11(10)8(6)5-7/h1-5H,9-10H2. The molecule has 0 saturated carbocycles.